The van der Waals surface area contributed by atoms with Crippen LogP contribution in [0.5, 0.6) is 5.75 Å². The first-order chi connectivity index (χ1) is 13.1. The highest BCUT2D eigenvalue weighted by atomic mass is 16.5. The molecule has 1 heterocycles. The molecule has 0 radical (unpaired) electrons. The molecule has 0 aliphatic rings. The lowest BCUT2D eigenvalue weighted by atomic mass is 10.1. The third kappa shape index (κ3) is 4.61. The Hall–Kier alpha value is -3.41. The summed E-state index contributed by atoms with van der Waals surface area (Å²) in [5.74, 6) is 0.896. The van der Waals surface area contributed by atoms with Crippen molar-refractivity contribution < 1.29 is 9.53 Å². The molecule has 0 atom stereocenters. The van der Waals surface area contributed by atoms with Crippen molar-refractivity contribution in [1.29, 1.82) is 0 Å². The smallest absolute Gasteiger partial charge is 0.274 e. The van der Waals surface area contributed by atoms with Crippen LogP contribution < -0.4 is 15.4 Å². The molecule has 138 valence electrons. The first-order valence-electron chi connectivity index (χ1n) is 8.64. The van der Waals surface area contributed by atoms with E-state index in [0.29, 0.717) is 18.2 Å². The number of nitrogens with one attached hydrogen (secondary N) is 2. The Kier molecular flexibility index (Phi) is 5.66. The molecule has 1 aromatic heterocycles. The second kappa shape index (κ2) is 8.31. The van der Waals surface area contributed by atoms with E-state index in [1.165, 1.54) is 0 Å². The number of carbonyl (C=O) groups is 1. The molecule has 0 saturated heterocycles. The summed E-state index contributed by atoms with van der Waals surface area (Å²) in [4.78, 5) is 21.0. The fraction of sp³-hybridized carbons (Fsp3) is 0.190. The fourth-order valence-corrected chi connectivity index (χ4v) is 2.73. The highest BCUT2D eigenvalue weighted by molar-refractivity contribution is 6.03. The summed E-state index contributed by atoms with van der Waals surface area (Å²) < 4.78 is 5.34. The van der Waals surface area contributed by atoms with Gasteiger partial charge in [-0.15, -0.1) is 0 Å². The van der Waals surface area contributed by atoms with Crippen LogP contribution in [-0.4, -0.2) is 23.0 Å². The van der Waals surface area contributed by atoms with Gasteiger partial charge in [0.15, 0.2) is 0 Å². The number of anilines is 2. The zero-order chi connectivity index (χ0) is 19.2. The summed E-state index contributed by atoms with van der Waals surface area (Å²) in [5.41, 5.74) is 4.20. The average molecular weight is 362 g/mol. The number of aryl methyl sites for hydroxylation is 2. The topological polar surface area (TPSA) is 76.1 Å². The zero-order valence-electron chi connectivity index (χ0n) is 15.6. The average Bonchev–Trinajstić information content (AvgIpc) is 2.69. The number of nitrogens with zero attached hydrogens (tertiary/aromatic N) is 2. The molecule has 0 saturated carbocycles. The Balaban J connectivity index is 1.70. The third-order valence-corrected chi connectivity index (χ3v) is 4.15. The van der Waals surface area contributed by atoms with E-state index in [1.54, 1.807) is 19.4 Å². The van der Waals surface area contributed by atoms with Gasteiger partial charge in [-0.1, -0.05) is 35.9 Å². The molecule has 2 aromatic carbocycles. The Morgan fingerprint density at radius 2 is 1.93 bits per heavy atom. The minimum Gasteiger partial charge on any atom is -0.496 e. The van der Waals surface area contributed by atoms with Crippen molar-refractivity contribution in [2.24, 2.45) is 0 Å². The molecule has 0 spiro atoms. The van der Waals surface area contributed by atoms with Crippen molar-refractivity contribution in [1.82, 2.24) is 9.97 Å². The normalized spacial score (nSPS) is 10.3. The summed E-state index contributed by atoms with van der Waals surface area (Å²) in [7, 11) is 1.63. The Bertz CT molecular complexity index is 956. The number of amides is 1. The first kappa shape index (κ1) is 18.4. The highest BCUT2D eigenvalue weighted by Crippen LogP contribution is 2.19. The van der Waals surface area contributed by atoms with Gasteiger partial charge in [0.1, 0.15) is 11.4 Å². The van der Waals surface area contributed by atoms with E-state index >= 15 is 0 Å². The maximum atomic E-state index is 12.5. The quantitative estimate of drug-likeness (QED) is 0.694. The molecule has 0 aliphatic carbocycles. The van der Waals surface area contributed by atoms with Gasteiger partial charge in [-0.05, 0) is 37.6 Å². The highest BCUT2D eigenvalue weighted by Gasteiger charge is 2.11. The lowest BCUT2D eigenvalue weighted by molar-refractivity contribution is 0.102. The van der Waals surface area contributed by atoms with Gasteiger partial charge in [-0.25, -0.2) is 9.97 Å². The van der Waals surface area contributed by atoms with Crippen molar-refractivity contribution in [3.8, 4) is 5.75 Å². The molecule has 0 bridgehead atoms. The van der Waals surface area contributed by atoms with E-state index in [9.17, 15) is 4.79 Å². The van der Waals surface area contributed by atoms with Crippen LogP contribution in [-0.2, 0) is 6.54 Å². The number of para-hydroxylation sites is 1. The molecule has 0 unspecified atom stereocenters. The Labute approximate surface area is 158 Å². The number of hydrogen-bond donors (Lipinski definition) is 2. The van der Waals surface area contributed by atoms with Gasteiger partial charge in [0.2, 0.25) is 5.95 Å². The molecule has 6 heteroatoms. The largest absolute Gasteiger partial charge is 0.496 e. The van der Waals surface area contributed by atoms with Crippen LogP contribution in [0.2, 0.25) is 0 Å². The molecule has 0 aliphatic heterocycles. The summed E-state index contributed by atoms with van der Waals surface area (Å²) in [6.45, 7) is 4.47. The van der Waals surface area contributed by atoms with Gasteiger partial charge >= 0.3 is 0 Å². The minimum atomic E-state index is -0.273. The van der Waals surface area contributed by atoms with Crippen molar-refractivity contribution in [3.63, 3.8) is 0 Å². The molecule has 27 heavy (non-hydrogen) atoms. The predicted molar refractivity (Wildman–Crippen MR) is 106 cm³/mol. The van der Waals surface area contributed by atoms with Crippen molar-refractivity contribution in [2.75, 3.05) is 17.7 Å². The van der Waals surface area contributed by atoms with Gasteiger partial charge in [0.25, 0.3) is 5.91 Å². The van der Waals surface area contributed by atoms with Crippen LogP contribution >= 0.6 is 0 Å². The molecule has 6 nitrogen and oxygen atoms in total. The Morgan fingerprint density at radius 3 is 2.70 bits per heavy atom. The van der Waals surface area contributed by atoms with E-state index in [-0.39, 0.29) is 5.91 Å². The molecule has 3 rings (SSSR count). The lowest BCUT2D eigenvalue weighted by Gasteiger charge is -2.11. The minimum absolute atomic E-state index is 0.273. The molecule has 3 aromatic rings. The van der Waals surface area contributed by atoms with Crippen LogP contribution in [0.25, 0.3) is 0 Å². The standard InChI is InChI=1S/C21H22N4O2/c1-14-8-9-17(15(2)12-14)24-20(26)18-10-11-22-21(25-18)23-13-16-6-4-5-7-19(16)27-3/h4-12H,13H2,1-3H3,(H,24,26)(H,22,23,25). The van der Waals surface area contributed by atoms with Gasteiger partial charge in [0, 0.05) is 24.0 Å². The summed E-state index contributed by atoms with van der Waals surface area (Å²) >= 11 is 0. The van der Waals surface area contributed by atoms with E-state index in [1.807, 2.05) is 56.3 Å². The fourth-order valence-electron chi connectivity index (χ4n) is 2.73. The van der Waals surface area contributed by atoms with Crippen molar-refractivity contribution >= 4 is 17.5 Å². The van der Waals surface area contributed by atoms with Crippen LogP contribution in [0.3, 0.4) is 0 Å². The number of aromatic nitrogens is 2. The van der Waals surface area contributed by atoms with Crippen LogP contribution in [0, 0.1) is 13.8 Å². The number of carbonyl (C=O) groups excluding carboxylic acids is 1. The van der Waals surface area contributed by atoms with E-state index in [0.717, 1.165) is 28.1 Å². The molecule has 0 fully saturated rings. The first-order valence-corrected chi connectivity index (χ1v) is 8.64. The van der Waals surface area contributed by atoms with Gasteiger partial charge in [-0.3, -0.25) is 4.79 Å². The molecule has 2 N–H and O–H groups in total. The van der Waals surface area contributed by atoms with E-state index < -0.39 is 0 Å². The van der Waals surface area contributed by atoms with Crippen molar-refractivity contribution in [2.45, 2.75) is 20.4 Å². The lowest BCUT2D eigenvalue weighted by Crippen LogP contribution is -2.16. The molecular formula is C21H22N4O2. The number of rotatable bonds is 6. The second-order valence-electron chi connectivity index (χ2n) is 6.20. The van der Waals surface area contributed by atoms with Crippen LogP contribution in [0.4, 0.5) is 11.6 Å². The summed E-state index contributed by atoms with van der Waals surface area (Å²) in [6.07, 6.45) is 1.56. The SMILES string of the molecule is COc1ccccc1CNc1nccc(C(=O)Nc2ccc(C)cc2C)n1. The second-order valence-corrected chi connectivity index (χ2v) is 6.20. The van der Waals surface area contributed by atoms with Gasteiger partial charge in [0.05, 0.1) is 7.11 Å². The predicted octanol–water partition coefficient (Wildman–Crippen LogP) is 3.97. The number of methoxy groups -OCH3 is 1. The molecular weight excluding hydrogens is 340 g/mol. The maximum absolute atomic E-state index is 12.5. The number of benzene rings is 2. The number of hydrogen-bond acceptors (Lipinski definition) is 5. The molecule has 1 amide bonds. The van der Waals surface area contributed by atoms with Gasteiger partial charge < -0.3 is 15.4 Å². The zero-order valence-corrected chi connectivity index (χ0v) is 15.6. The monoisotopic (exact) mass is 362 g/mol. The van der Waals surface area contributed by atoms with E-state index in [2.05, 4.69) is 20.6 Å². The van der Waals surface area contributed by atoms with Crippen LogP contribution in [0.1, 0.15) is 27.2 Å². The maximum Gasteiger partial charge on any atom is 0.274 e. The third-order valence-electron chi connectivity index (χ3n) is 4.15. The van der Waals surface area contributed by atoms with E-state index in [4.69, 9.17) is 4.74 Å². The van der Waals surface area contributed by atoms with Crippen LogP contribution in [0.15, 0.2) is 54.7 Å². The van der Waals surface area contributed by atoms with Gasteiger partial charge in [-0.2, -0.15) is 0 Å². The summed E-state index contributed by atoms with van der Waals surface area (Å²) in [5, 5.41) is 6.03. The van der Waals surface area contributed by atoms with Crippen molar-refractivity contribution in [3.05, 3.63) is 77.1 Å². The number of ether oxygens (including phenoxy) is 1. The Morgan fingerprint density at radius 1 is 1.11 bits per heavy atom. The summed E-state index contributed by atoms with van der Waals surface area (Å²) in [6, 6.07) is 15.2.